The first-order valence-electron chi connectivity index (χ1n) is 6.97. The zero-order valence-corrected chi connectivity index (χ0v) is 13.2. The Labute approximate surface area is 131 Å². The highest BCUT2D eigenvalue weighted by Crippen LogP contribution is 2.13. The fourth-order valence-corrected chi connectivity index (χ4v) is 2.05. The standard InChI is InChI=1S/C16H22N2O4/c1-16(12-20-2,10-15(19)21-3)18-7-8-22-14-6-4-5-13(9-14)11-17/h4-6,9,18H,7-8,10,12H2,1-3H3/t16-/m1/s1. The Kier molecular flexibility index (Phi) is 7.37. The Morgan fingerprint density at radius 1 is 1.41 bits per heavy atom. The molecular weight excluding hydrogens is 284 g/mol. The van der Waals surface area contributed by atoms with Crippen LogP contribution in [0.2, 0.25) is 0 Å². The van der Waals surface area contributed by atoms with Gasteiger partial charge in [0.1, 0.15) is 12.4 Å². The van der Waals surface area contributed by atoms with Crippen LogP contribution in [0.5, 0.6) is 5.75 Å². The fourth-order valence-electron chi connectivity index (χ4n) is 2.05. The van der Waals surface area contributed by atoms with Gasteiger partial charge in [-0.25, -0.2) is 0 Å². The lowest BCUT2D eigenvalue weighted by Crippen LogP contribution is -2.49. The molecule has 6 nitrogen and oxygen atoms in total. The Bertz CT molecular complexity index is 527. The lowest BCUT2D eigenvalue weighted by atomic mass is 9.99. The molecule has 1 atom stereocenters. The number of nitrogens with one attached hydrogen (secondary N) is 1. The quantitative estimate of drug-likeness (QED) is 0.550. The van der Waals surface area contributed by atoms with Crippen molar-refractivity contribution in [2.24, 2.45) is 0 Å². The average Bonchev–Trinajstić information content (AvgIpc) is 2.52. The van der Waals surface area contributed by atoms with Crippen molar-refractivity contribution in [3.8, 4) is 11.8 Å². The predicted molar refractivity (Wildman–Crippen MR) is 81.6 cm³/mol. The van der Waals surface area contributed by atoms with E-state index < -0.39 is 5.54 Å². The van der Waals surface area contributed by atoms with E-state index in [-0.39, 0.29) is 12.4 Å². The molecule has 120 valence electrons. The van der Waals surface area contributed by atoms with E-state index in [0.29, 0.717) is 31.1 Å². The number of carbonyl (C=O) groups excluding carboxylic acids is 1. The molecule has 0 fully saturated rings. The van der Waals surface area contributed by atoms with E-state index in [1.807, 2.05) is 6.92 Å². The van der Waals surface area contributed by atoms with Crippen molar-refractivity contribution in [1.29, 1.82) is 5.26 Å². The second kappa shape index (κ2) is 9.03. The van der Waals surface area contributed by atoms with E-state index in [1.54, 1.807) is 31.4 Å². The van der Waals surface area contributed by atoms with Crippen molar-refractivity contribution < 1.29 is 19.0 Å². The molecule has 1 aromatic carbocycles. The average molecular weight is 306 g/mol. The molecule has 0 saturated heterocycles. The summed E-state index contributed by atoms with van der Waals surface area (Å²) in [6.45, 7) is 3.22. The molecule has 1 aromatic rings. The first-order chi connectivity index (χ1) is 10.5. The van der Waals surface area contributed by atoms with Gasteiger partial charge in [0.15, 0.2) is 0 Å². The molecule has 6 heteroatoms. The molecule has 0 saturated carbocycles. The number of rotatable bonds is 9. The number of methoxy groups -OCH3 is 2. The minimum atomic E-state index is -0.514. The number of ether oxygens (including phenoxy) is 3. The van der Waals surface area contributed by atoms with Gasteiger partial charge in [-0.2, -0.15) is 5.26 Å². The zero-order chi connectivity index (χ0) is 16.4. The molecule has 1 rings (SSSR count). The van der Waals surface area contributed by atoms with Crippen LogP contribution in [0.3, 0.4) is 0 Å². The number of nitriles is 1. The van der Waals surface area contributed by atoms with Crippen molar-refractivity contribution in [3.63, 3.8) is 0 Å². The van der Waals surface area contributed by atoms with Gasteiger partial charge in [0, 0.05) is 19.2 Å². The summed E-state index contributed by atoms with van der Waals surface area (Å²) in [7, 11) is 2.95. The van der Waals surface area contributed by atoms with Crippen LogP contribution in [0.15, 0.2) is 24.3 Å². The second-order valence-electron chi connectivity index (χ2n) is 5.16. The minimum Gasteiger partial charge on any atom is -0.492 e. The van der Waals surface area contributed by atoms with Gasteiger partial charge in [0.05, 0.1) is 31.8 Å². The third kappa shape index (κ3) is 6.12. The van der Waals surface area contributed by atoms with E-state index in [9.17, 15) is 4.79 Å². The molecule has 0 aliphatic rings. The maximum Gasteiger partial charge on any atom is 0.307 e. The normalized spacial score (nSPS) is 13.0. The molecule has 0 aliphatic heterocycles. The van der Waals surface area contributed by atoms with Crippen molar-refractivity contribution in [1.82, 2.24) is 5.32 Å². The van der Waals surface area contributed by atoms with Gasteiger partial charge in [0.25, 0.3) is 0 Å². The van der Waals surface area contributed by atoms with Crippen molar-refractivity contribution in [3.05, 3.63) is 29.8 Å². The maximum atomic E-state index is 11.4. The van der Waals surface area contributed by atoms with Crippen LogP contribution in [0.4, 0.5) is 0 Å². The van der Waals surface area contributed by atoms with Gasteiger partial charge in [-0.05, 0) is 25.1 Å². The van der Waals surface area contributed by atoms with E-state index in [1.165, 1.54) is 7.11 Å². The zero-order valence-electron chi connectivity index (χ0n) is 13.2. The van der Waals surface area contributed by atoms with Crippen LogP contribution in [0, 0.1) is 11.3 Å². The van der Waals surface area contributed by atoms with Gasteiger partial charge in [-0.15, -0.1) is 0 Å². The predicted octanol–water partition coefficient (Wildman–Crippen LogP) is 1.49. The third-order valence-electron chi connectivity index (χ3n) is 3.11. The number of hydrogen-bond acceptors (Lipinski definition) is 6. The summed E-state index contributed by atoms with van der Waals surface area (Å²) in [4.78, 5) is 11.4. The highest BCUT2D eigenvalue weighted by Gasteiger charge is 2.27. The summed E-state index contributed by atoms with van der Waals surface area (Å²) < 4.78 is 15.4. The molecule has 1 N–H and O–H groups in total. The fraction of sp³-hybridized carbons (Fsp3) is 0.500. The number of nitrogens with zero attached hydrogens (tertiary/aromatic N) is 1. The Hall–Kier alpha value is -2.10. The van der Waals surface area contributed by atoms with Crippen LogP contribution in [0.25, 0.3) is 0 Å². The van der Waals surface area contributed by atoms with Crippen LogP contribution in [0.1, 0.15) is 18.9 Å². The van der Waals surface area contributed by atoms with E-state index in [2.05, 4.69) is 11.4 Å². The SMILES string of the molecule is COC[C@@](C)(CC(=O)OC)NCCOc1cccc(C#N)c1. The summed E-state index contributed by atoms with van der Waals surface area (Å²) in [6, 6.07) is 9.03. The van der Waals surface area contributed by atoms with Crippen molar-refractivity contribution in [2.75, 3.05) is 34.0 Å². The van der Waals surface area contributed by atoms with Gasteiger partial charge >= 0.3 is 5.97 Å². The molecule has 0 aliphatic carbocycles. The molecule has 0 aromatic heterocycles. The molecule has 22 heavy (non-hydrogen) atoms. The molecule has 0 radical (unpaired) electrons. The van der Waals surface area contributed by atoms with Gasteiger partial charge in [-0.3, -0.25) is 4.79 Å². The number of carbonyl (C=O) groups is 1. The van der Waals surface area contributed by atoms with E-state index in [0.717, 1.165) is 0 Å². The maximum absolute atomic E-state index is 11.4. The summed E-state index contributed by atoms with van der Waals surface area (Å²) >= 11 is 0. The lowest BCUT2D eigenvalue weighted by molar-refractivity contribution is -0.142. The topological polar surface area (TPSA) is 80.6 Å². The molecule has 0 bridgehead atoms. The second-order valence-corrected chi connectivity index (χ2v) is 5.16. The van der Waals surface area contributed by atoms with E-state index >= 15 is 0 Å². The van der Waals surface area contributed by atoms with Crippen molar-refractivity contribution >= 4 is 5.97 Å². The lowest BCUT2D eigenvalue weighted by Gasteiger charge is -2.29. The number of hydrogen-bond donors (Lipinski definition) is 1. The third-order valence-corrected chi connectivity index (χ3v) is 3.11. The Balaban J connectivity index is 2.45. The number of esters is 1. The van der Waals surface area contributed by atoms with Gasteiger partial charge in [-0.1, -0.05) is 6.07 Å². The van der Waals surface area contributed by atoms with Crippen LogP contribution in [-0.2, 0) is 14.3 Å². The van der Waals surface area contributed by atoms with Gasteiger partial charge in [0.2, 0.25) is 0 Å². The first-order valence-corrected chi connectivity index (χ1v) is 6.97. The molecule has 0 spiro atoms. The molecule has 0 amide bonds. The summed E-state index contributed by atoms with van der Waals surface area (Å²) in [6.07, 6.45) is 0.210. The smallest absolute Gasteiger partial charge is 0.307 e. The number of benzene rings is 1. The van der Waals surface area contributed by atoms with Crippen molar-refractivity contribution in [2.45, 2.75) is 18.9 Å². The van der Waals surface area contributed by atoms with Crippen LogP contribution < -0.4 is 10.1 Å². The van der Waals surface area contributed by atoms with Gasteiger partial charge < -0.3 is 19.5 Å². The highest BCUT2D eigenvalue weighted by atomic mass is 16.5. The first kappa shape index (κ1) is 18.0. The summed E-state index contributed by atoms with van der Waals surface area (Å²) in [5.41, 5.74) is 0.0417. The minimum absolute atomic E-state index is 0.210. The summed E-state index contributed by atoms with van der Waals surface area (Å²) in [5, 5.41) is 12.1. The van der Waals surface area contributed by atoms with Crippen LogP contribution >= 0.6 is 0 Å². The largest absolute Gasteiger partial charge is 0.492 e. The highest BCUT2D eigenvalue weighted by molar-refractivity contribution is 5.70. The monoisotopic (exact) mass is 306 g/mol. The molecule has 0 heterocycles. The Morgan fingerprint density at radius 2 is 2.18 bits per heavy atom. The van der Waals surface area contributed by atoms with Crippen LogP contribution in [-0.4, -0.2) is 45.5 Å². The van der Waals surface area contributed by atoms with E-state index in [4.69, 9.17) is 19.5 Å². The molecular formula is C16H22N2O4. The Morgan fingerprint density at radius 3 is 2.82 bits per heavy atom. The summed E-state index contributed by atoms with van der Waals surface area (Å²) in [5.74, 6) is 0.344. The molecule has 0 unspecified atom stereocenters.